The van der Waals surface area contributed by atoms with Crippen molar-refractivity contribution in [1.82, 2.24) is 4.98 Å². The third-order valence-corrected chi connectivity index (χ3v) is 5.25. The van der Waals surface area contributed by atoms with E-state index < -0.39 is 7.12 Å². The van der Waals surface area contributed by atoms with Crippen LogP contribution in [0.15, 0.2) is 29.6 Å². The van der Waals surface area contributed by atoms with E-state index in [1.165, 1.54) is 0 Å². The molecule has 1 aromatic carbocycles. The van der Waals surface area contributed by atoms with Gasteiger partial charge in [-0.15, -0.1) is 11.3 Å². The number of methoxy groups -OCH3 is 1. The molecule has 2 aromatic rings. The first-order valence-corrected chi connectivity index (χ1v) is 8.16. The predicted molar refractivity (Wildman–Crippen MR) is 89.8 cm³/mol. The van der Waals surface area contributed by atoms with E-state index in [9.17, 15) is 0 Å². The summed E-state index contributed by atoms with van der Waals surface area (Å²) in [7, 11) is 1.24. The highest BCUT2D eigenvalue weighted by Crippen LogP contribution is 2.37. The summed E-state index contributed by atoms with van der Waals surface area (Å²) in [6.45, 7) is 8.17. The lowest BCUT2D eigenvalue weighted by atomic mass is 9.86. The molecule has 6 heteroatoms. The zero-order chi connectivity index (χ0) is 16.0. The normalized spacial score (nSPS) is 19.4. The fraction of sp³-hybridized carbons (Fsp3) is 0.438. The van der Waals surface area contributed by atoms with E-state index in [1.807, 2.05) is 57.3 Å². The summed E-state index contributed by atoms with van der Waals surface area (Å²) in [5.41, 5.74) is 1.08. The molecular formula is C16H20BNO3S. The van der Waals surface area contributed by atoms with Gasteiger partial charge in [-0.3, -0.25) is 0 Å². The van der Waals surface area contributed by atoms with Gasteiger partial charge in [0.25, 0.3) is 0 Å². The number of hydrogen-bond acceptors (Lipinski definition) is 5. The molecule has 0 saturated carbocycles. The Kier molecular flexibility index (Phi) is 3.79. The average Bonchev–Trinajstić information content (AvgIpc) is 3.02. The largest absolute Gasteiger partial charge is 0.515 e. The lowest BCUT2D eigenvalue weighted by Crippen LogP contribution is -2.41. The quantitative estimate of drug-likeness (QED) is 0.816. The first kappa shape index (κ1) is 15.5. The molecule has 3 rings (SSSR count). The van der Waals surface area contributed by atoms with Crippen molar-refractivity contribution in [2.24, 2.45) is 0 Å². The summed E-state index contributed by atoms with van der Waals surface area (Å²) < 4.78 is 17.5. The minimum Gasteiger partial charge on any atom is -0.496 e. The Labute approximate surface area is 135 Å². The Morgan fingerprint density at radius 2 is 1.73 bits per heavy atom. The van der Waals surface area contributed by atoms with Gasteiger partial charge in [-0.2, -0.15) is 0 Å². The van der Waals surface area contributed by atoms with Crippen molar-refractivity contribution >= 4 is 24.0 Å². The van der Waals surface area contributed by atoms with Crippen LogP contribution in [0.5, 0.6) is 5.75 Å². The highest BCUT2D eigenvalue weighted by Gasteiger charge is 2.52. The maximum atomic E-state index is 6.05. The Morgan fingerprint density at radius 1 is 1.09 bits per heavy atom. The van der Waals surface area contributed by atoms with E-state index in [0.29, 0.717) is 0 Å². The summed E-state index contributed by atoms with van der Waals surface area (Å²) in [4.78, 5) is 4.69. The lowest BCUT2D eigenvalue weighted by molar-refractivity contribution is 0.00578. The zero-order valence-electron chi connectivity index (χ0n) is 13.5. The number of ether oxygens (including phenoxy) is 1. The van der Waals surface area contributed by atoms with Gasteiger partial charge >= 0.3 is 7.12 Å². The third-order valence-electron chi connectivity index (χ3n) is 4.35. The molecule has 0 N–H and O–H groups in total. The number of benzene rings is 1. The topological polar surface area (TPSA) is 40.6 Å². The van der Waals surface area contributed by atoms with Gasteiger partial charge in [0.15, 0.2) is 0 Å². The number of rotatable bonds is 3. The van der Waals surface area contributed by atoms with Crippen LogP contribution >= 0.6 is 11.3 Å². The molecule has 1 aliphatic rings. The van der Waals surface area contributed by atoms with Crippen molar-refractivity contribution in [3.05, 3.63) is 29.6 Å². The fourth-order valence-corrected chi connectivity index (χ4v) is 3.15. The molecule has 0 radical (unpaired) electrons. The third kappa shape index (κ3) is 2.55. The Balaban J connectivity index is 1.89. The van der Waals surface area contributed by atoms with E-state index in [2.05, 4.69) is 0 Å². The van der Waals surface area contributed by atoms with Crippen molar-refractivity contribution in [2.45, 2.75) is 38.9 Å². The summed E-state index contributed by atoms with van der Waals surface area (Å²) in [6, 6.07) is 7.87. The van der Waals surface area contributed by atoms with E-state index in [-0.39, 0.29) is 11.2 Å². The van der Waals surface area contributed by atoms with Crippen LogP contribution in [0, 0.1) is 0 Å². The van der Waals surface area contributed by atoms with Gasteiger partial charge in [0.2, 0.25) is 0 Å². The predicted octanol–water partition coefficient (Wildman–Crippen LogP) is 3.12. The van der Waals surface area contributed by atoms with Crippen LogP contribution in [0.2, 0.25) is 0 Å². The molecule has 0 spiro atoms. The van der Waals surface area contributed by atoms with Crippen molar-refractivity contribution in [2.75, 3.05) is 7.11 Å². The molecule has 1 saturated heterocycles. The Morgan fingerprint density at radius 3 is 2.36 bits per heavy atom. The fourth-order valence-electron chi connectivity index (χ4n) is 2.30. The van der Waals surface area contributed by atoms with E-state index >= 15 is 0 Å². The molecule has 0 atom stereocenters. The maximum absolute atomic E-state index is 6.05. The number of thiazole rings is 1. The van der Waals surface area contributed by atoms with E-state index in [4.69, 9.17) is 19.0 Å². The van der Waals surface area contributed by atoms with E-state index in [0.717, 1.165) is 21.9 Å². The van der Waals surface area contributed by atoms with Crippen molar-refractivity contribution in [3.8, 4) is 16.3 Å². The van der Waals surface area contributed by atoms with Gasteiger partial charge in [-0.1, -0.05) is 12.1 Å². The molecule has 116 valence electrons. The first-order chi connectivity index (χ1) is 10.3. The second kappa shape index (κ2) is 5.37. The van der Waals surface area contributed by atoms with Gasteiger partial charge in [0.05, 0.1) is 29.5 Å². The highest BCUT2D eigenvalue weighted by molar-refractivity contribution is 7.14. The van der Waals surface area contributed by atoms with Crippen LogP contribution < -0.4 is 10.3 Å². The molecule has 4 nitrogen and oxygen atoms in total. The Bertz CT molecular complexity index is 668. The highest BCUT2D eigenvalue weighted by atomic mass is 32.1. The van der Waals surface area contributed by atoms with Crippen molar-refractivity contribution in [1.29, 1.82) is 0 Å². The minimum atomic E-state index is -0.426. The molecule has 0 amide bonds. The summed E-state index contributed by atoms with van der Waals surface area (Å²) in [5, 5.41) is 2.89. The summed E-state index contributed by atoms with van der Waals surface area (Å²) in [6.07, 6.45) is 0. The van der Waals surface area contributed by atoms with Crippen LogP contribution in [-0.4, -0.2) is 30.4 Å². The number of hydrogen-bond donors (Lipinski definition) is 0. The smallest absolute Gasteiger partial charge is 0.496 e. The molecule has 1 fully saturated rings. The molecule has 2 heterocycles. The Hall–Kier alpha value is -1.37. The molecule has 0 bridgehead atoms. The van der Waals surface area contributed by atoms with Crippen LogP contribution in [0.1, 0.15) is 27.7 Å². The maximum Gasteiger partial charge on any atom is 0.515 e. The standard InChI is InChI=1S/C16H20BNO3S/c1-15(2)16(3,4)21-17(20-15)13-10-22-14(18-13)11-8-6-7-9-12(11)19-5/h6-10H,1-5H3. The summed E-state index contributed by atoms with van der Waals surface area (Å²) >= 11 is 1.57. The monoisotopic (exact) mass is 317 g/mol. The average molecular weight is 317 g/mol. The SMILES string of the molecule is COc1ccccc1-c1nc(B2OC(C)(C)C(C)(C)O2)cs1. The van der Waals surface area contributed by atoms with Crippen LogP contribution in [-0.2, 0) is 9.31 Å². The van der Waals surface area contributed by atoms with Gasteiger partial charge in [-0.05, 0) is 39.8 Å². The summed E-state index contributed by atoms with van der Waals surface area (Å²) in [5.74, 6) is 0.817. The zero-order valence-corrected chi connectivity index (χ0v) is 14.4. The molecular weight excluding hydrogens is 297 g/mol. The first-order valence-electron chi connectivity index (χ1n) is 7.28. The molecule has 1 aromatic heterocycles. The second-order valence-corrected chi connectivity index (χ2v) is 7.22. The molecule has 0 unspecified atom stereocenters. The number of para-hydroxylation sites is 1. The van der Waals surface area contributed by atoms with Crippen LogP contribution in [0.3, 0.4) is 0 Å². The lowest BCUT2D eigenvalue weighted by Gasteiger charge is -2.32. The molecule has 0 aliphatic carbocycles. The molecule has 22 heavy (non-hydrogen) atoms. The van der Waals surface area contributed by atoms with Gasteiger partial charge in [-0.25, -0.2) is 4.98 Å². The van der Waals surface area contributed by atoms with Crippen molar-refractivity contribution < 1.29 is 14.0 Å². The number of nitrogens with zero attached hydrogens (tertiary/aromatic N) is 1. The van der Waals surface area contributed by atoms with Crippen molar-refractivity contribution in [3.63, 3.8) is 0 Å². The van der Waals surface area contributed by atoms with Gasteiger partial charge < -0.3 is 14.0 Å². The number of aromatic nitrogens is 1. The van der Waals surface area contributed by atoms with Crippen LogP contribution in [0.4, 0.5) is 0 Å². The van der Waals surface area contributed by atoms with E-state index in [1.54, 1.807) is 18.4 Å². The minimum absolute atomic E-state index is 0.355. The molecule has 1 aliphatic heterocycles. The van der Waals surface area contributed by atoms with Gasteiger partial charge in [0.1, 0.15) is 10.8 Å². The van der Waals surface area contributed by atoms with Crippen LogP contribution in [0.25, 0.3) is 10.6 Å². The van der Waals surface area contributed by atoms with Gasteiger partial charge in [0, 0.05) is 5.38 Å². The second-order valence-electron chi connectivity index (χ2n) is 6.37.